The Labute approximate surface area is 178 Å². The van der Waals surface area contributed by atoms with Gasteiger partial charge in [0.1, 0.15) is 11.8 Å². The van der Waals surface area contributed by atoms with Crippen molar-refractivity contribution in [3.8, 4) is 5.75 Å². The predicted molar refractivity (Wildman–Crippen MR) is 117 cm³/mol. The third-order valence-electron chi connectivity index (χ3n) is 5.57. The van der Waals surface area contributed by atoms with Crippen LogP contribution in [0.4, 0.5) is 0 Å². The first-order valence-electron chi connectivity index (χ1n) is 10.8. The van der Waals surface area contributed by atoms with Crippen molar-refractivity contribution in [1.29, 1.82) is 0 Å². The molecule has 0 bridgehead atoms. The summed E-state index contributed by atoms with van der Waals surface area (Å²) in [4.78, 5) is 2.48. The van der Waals surface area contributed by atoms with E-state index in [4.69, 9.17) is 4.74 Å². The lowest BCUT2D eigenvalue weighted by Gasteiger charge is -2.36. The van der Waals surface area contributed by atoms with Gasteiger partial charge in [-0.05, 0) is 61.2 Å². The second-order valence-corrected chi connectivity index (χ2v) is 8.90. The lowest BCUT2D eigenvalue weighted by Crippen LogP contribution is -2.38. The van der Waals surface area contributed by atoms with Crippen molar-refractivity contribution in [2.75, 3.05) is 13.2 Å². The Kier molecular flexibility index (Phi) is 5.86. The van der Waals surface area contributed by atoms with Crippen LogP contribution in [0, 0.1) is 0 Å². The molecule has 4 rings (SSSR count). The molecule has 0 spiro atoms. The Bertz CT molecular complexity index is 991. The summed E-state index contributed by atoms with van der Waals surface area (Å²) in [6.45, 7) is 11.0. The van der Waals surface area contributed by atoms with E-state index < -0.39 is 0 Å². The average Bonchev–Trinajstić information content (AvgIpc) is 3.23. The Morgan fingerprint density at radius 1 is 1.03 bits per heavy atom. The van der Waals surface area contributed by atoms with Gasteiger partial charge in [0.15, 0.2) is 5.82 Å². The fourth-order valence-electron chi connectivity index (χ4n) is 4.13. The quantitative estimate of drug-likeness (QED) is 0.610. The van der Waals surface area contributed by atoms with Gasteiger partial charge in [-0.25, -0.2) is 4.68 Å². The summed E-state index contributed by atoms with van der Waals surface area (Å²) < 4.78 is 8.10. The number of aromatic nitrogens is 4. The SMILES string of the molecule is CCCOc1ccccc1C(c1nnnn1C(C)(C)C)N1CCc2ccccc2C1. The molecule has 0 saturated heterocycles. The van der Waals surface area contributed by atoms with E-state index in [0.717, 1.165) is 43.1 Å². The van der Waals surface area contributed by atoms with Gasteiger partial charge in [-0.3, -0.25) is 4.90 Å². The fraction of sp³-hybridized carbons (Fsp3) is 0.458. The zero-order chi connectivity index (χ0) is 21.1. The Morgan fingerprint density at radius 3 is 2.53 bits per heavy atom. The van der Waals surface area contributed by atoms with Crippen LogP contribution in [0.25, 0.3) is 0 Å². The first-order valence-corrected chi connectivity index (χ1v) is 10.8. The van der Waals surface area contributed by atoms with Crippen molar-refractivity contribution in [2.45, 2.75) is 58.7 Å². The van der Waals surface area contributed by atoms with E-state index in [1.165, 1.54) is 11.1 Å². The van der Waals surface area contributed by atoms with Gasteiger partial charge in [0.25, 0.3) is 0 Å². The van der Waals surface area contributed by atoms with E-state index in [9.17, 15) is 0 Å². The van der Waals surface area contributed by atoms with Crippen molar-refractivity contribution >= 4 is 0 Å². The molecule has 0 aliphatic carbocycles. The van der Waals surface area contributed by atoms with Gasteiger partial charge in [-0.1, -0.05) is 49.4 Å². The summed E-state index contributed by atoms with van der Waals surface area (Å²) in [5, 5.41) is 12.9. The summed E-state index contributed by atoms with van der Waals surface area (Å²) in [5.41, 5.74) is 3.70. The van der Waals surface area contributed by atoms with Crippen molar-refractivity contribution in [1.82, 2.24) is 25.1 Å². The monoisotopic (exact) mass is 405 g/mol. The Hall–Kier alpha value is -2.73. The van der Waals surface area contributed by atoms with Crippen LogP contribution in [-0.2, 0) is 18.5 Å². The smallest absolute Gasteiger partial charge is 0.173 e. The minimum absolute atomic E-state index is 0.0827. The molecule has 0 radical (unpaired) electrons. The number of ether oxygens (including phenoxy) is 1. The number of para-hydroxylation sites is 1. The van der Waals surface area contributed by atoms with Gasteiger partial charge in [0, 0.05) is 18.7 Å². The molecule has 0 N–H and O–H groups in total. The molecule has 30 heavy (non-hydrogen) atoms. The number of fused-ring (bicyclic) bond motifs is 1. The number of benzene rings is 2. The zero-order valence-electron chi connectivity index (χ0n) is 18.4. The minimum atomic E-state index is -0.218. The van der Waals surface area contributed by atoms with Gasteiger partial charge in [0.05, 0.1) is 12.1 Å². The maximum Gasteiger partial charge on any atom is 0.173 e. The first kappa shape index (κ1) is 20.5. The van der Waals surface area contributed by atoms with E-state index in [1.54, 1.807) is 0 Å². The van der Waals surface area contributed by atoms with E-state index >= 15 is 0 Å². The molecule has 1 unspecified atom stereocenters. The van der Waals surface area contributed by atoms with Crippen molar-refractivity contribution in [3.05, 3.63) is 71.0 Å². The average molecular weight is 406 g/mol. The summed E-state index contributed by atoms with van der Waals surface area (Å²) >= 11 is 0. The van der Waals surface area contributed by atoms with Gasteiger partial charge in [-0.15, -0.1) is 5.10 Å². The second-order valence-electron chi connectivity index (χ2n) is 8.90. The minimum Gasteiger partial charge on any atom is -0.493 e. The van der Waals surface area contributed by atoms with Crippen LogP contribution in [0.1, 0.15) is 62.7 Å². The lowest BCUT2D eigenvalue weighted by molar-refractivity contribution is 0.181. The second kappa shape index (κ2) is 8.56. The van der Waals surface area contributed by atoms with Gasteiger partial charge < -0.3 is 4.74 Å². The number of tetrazole rings is 1. The third kappa shape index (κ3) is 4.10. The maximum absolute atomic E-state index is 6.15. The highest BCUT2D eigenvalue weighted by Gasteiger charge is 2.34. The molecule has 1 aliphatic heterocycles. The molecule has 0 fully saturated rings. The van der Waals surface area contributed by atoms with E-state index in [0.29, 0.717) is 6.61 Å². The summed E-state index contributed by atoms with van der Waals surface area (Å²) in [5.74, 6) is 1.76. The number of hydrogen-bond donors (Lipinski definition) is 0. The molecule has 6 heteroatoms. The van der Waals surface area contributed by atoms with Gasteiger partial charge >= 0.3 is 0 Å². The predicted octanol–water partition coefficient (Wildman–Crippen LogP) is 4.36. The highest BCUT2D eigenvalue weighted by molar-refractivity contribution is 5.40. The van der Waals surface area contributed by atoms with Crippen LogP contribution >= 0.6 is 0 Å². The van der Waals surface area contributed by atoms with E-state index in [2.05, 4.69) is 90.6 Å². The molecule has 2 aromatic carbocycles. The van der Waals surface area contributed by atoms with Crippen LogP contribution < -0.4 is 4.74 Å². The maximum atomic E-state index is 6.15. The molecule has 1 aliphatic rings. The largest absolute Gasteiger partial charge is 0.493 e. The molecule has 6 nitrogen and oxygen atoms in total. The molecular formula is C24H31N5O. The van der Waals surface area contributed by atoms with Crippen molar-refractivity contribution in [2.24, 2.45) is 0 Å². The number of hydrogen-bond acceptors (Lipinski definition) is 5. The highest BCUT2D eigenvalue weighted by Crippen LogP contribution is 2.37. The molecule has 2 heterocycles. The number of nitrogens with zero attached hydrogens (tertiary/aromatic N) is 5. The van der Waals surface area contributed by atoms with Crippen molar-refractivity contribution < 1.29 is 4.74 Å². The molecule has 0 saturated carbocycles. The molecule has 1 aromatic heterocycles. The third-order valence-corrected chi connectivity index (χ3v) is 5.57. The lowest BCUT2D eigenvalue weighted by atomic mass is 9.95. The van der Waals surface area contributed by atoms with E-state index in [-0.39, 0.29) is 11.6 Å². The van der Waals surface area contributed by atoms with Crippen LogP contribution in [0.15, 0.2) is 48.5 Å². The van der Waals surface area contributed by atoms with Crippen LogP contribution in [0.2, 0.25) is 0 Å². The van der Waals surface area contributed by atoms with Gasteiger partial charge in [0.2, 0.25) is 0 Å². The topological polar surface area (TPSA) is 56.1 Å². The summed E-state index contributed by atoms with van der Waals surface area (Å²) in [6.07, 6.45) is 1.98. The molecule has 0 amide bonds. The molecule has 158 valence electrons. The first-order chi connectivity index (χ1) is 14.5. The highest BCUT2D eigenvalue weighted by atomic mass is 16.5. The van der Waals surface area contributed by atoms with Crippen LogP contribution in [0.3, 0.4) is 0 Å². The van der Waals surface area contributed by atoms with E-state index in [1.807, 2.05) is 10.7 Å². The molecule has 3 aromatic rings. The van der Waals surface area contributed by atoms with Crippen LogP contribution in [0.5, 0.6) is 5.75 Å². The zero-order valence-corrected chi connectivity index (χ0v) is 18.4. The number of rotatable bonds is 6. The molecule has 1 atom stereocenters. The van der Waals surface area contributed by atoms with Gasteiger partial charge in [-0.2, -0.15) is 0 Å². The van der Waals surface area contributed by atoms with Crippen molar-refractivity contribution in [3.63, 3.8) is 0 Å². The standard InChI is InChI=1S/C24H31N5O/c1-5-16-30-21-13-9-8-12-20(21)22(23-25-26-27-29(23)24(2,3)4)28-15-14-18-10-6-7-11-19(18)17-28/h6-13,22H,5,14-17H2,1-4H3. The summed E-state index contributed by atoms with van der Waals surface area (Å²) in [7, 11) is 0. The Morgan fingerprint density at radius 2 is 1.77 bits per heavy atom. The van der Waals surface area contributed by atoms with Crippen LogP contribution in [-0.4, -0.2) is 38.3 Å². The Balaban J connectivity index is 1.81. The summed E-state index contributed by atoms with van der Waals surface area (Å²) in [6, 6.07) is 16.9. The fourth-order valence-corrected chi connectivity index (χ4v) is 4.13. The molecular weight excluding hydrogens is 374 g/mol. The normalized spacial score (nSPS) is 15.6.